The molecule has 1 N–H and O–H groups in total. The van der Waals surface area contributed by atoms with Gasteiger partial charge in [0.2, 0.25) is 0 Å². The van der Waals surface area contributed by atoms with Crippen LogP contribution in [0.4, 0.5) is 5.69 Å². The molecule has 2 rings (SSSR count). The van der Waals surface area contributed by atoms with Gasteiger partial charge in [-0.2, -0.15) is 0 Å². The maximum atomic E-state index is 4.28. The molecule has 0 bridgehead atoms. The molecule has 2 nitrogen and oxygen atoms in total. The first-order chi connectivity index (χ1) is 8.09. The first-order valence-electron chi connectivity index (χ1n) is 5.20. The minimum absolute atomic E-state index is 0.248. The number of benzene rings is 1. The third-order valence-corrected chi connectivity index (χ3v) is 4.93. The number of aromatic nitrogens is 1. The van der Waals surface area contributed by atoms with Gasteiger partial charge in [0.25, 0.3) is 0 Å². The van der Waals surface area contributed by atoms with E-state index in [4.69, 9.17) is 0 Å². The van der Waals surface area contributed by atoms with E-state index in [0.717, 1.165) is 20.3 Å². The van der Waals surface area contributed by atoms with Crippen molar-refractivity contribution in [1.82, 2.24) is 4.98 Å². The molecule has 0 saturated heterocycles. The summed E-state index contributed by atoms with van der Waals surface area (Å²) in [6.45, 7) is 4.19. The molecule has 1 heterocycles. The van der Waals surface area contributed by atoms with Gasteiger partial charge in [-0.25, -0.2) is 4.98 Å². The number of halogens is 2. The Balaban J connectivity index is 2.25. The Bertz CT molecular complexity index is 505. The Hall–Kier alpha value is -0.390. The number of rotatable bonds is 3. The fourth-order valence-corrected chi connectivity index (χ4v) is 3.68. The predicted octanol–water partition coefficient (Wildman–Crippen LogP) is 5.15. The molecule has 17 heavy (non-hydrogen) atoms. The summed E-state index contributed by atoms with van der Waals surface area (Å²) in [5.41, 5.74) is 4.06. The summed E-state index contributed by atoms with van der Waals surface area (Å²) >= 11 is 8.79. The van der Waals surface area contributed by atoms with E-state index >= 15 is 0 Å². The average Bonchev–Trinajstić information content (AvgIpc) is 2.70. The molecule has 2 aromatic rings. The number of nitrogens with zero attached hydrogens (tertiary/aromatic N) is 1. The molecule has 0 saturated carbocycles. The molecule has 1 unspecified atom stereocenters. The van der Waals surface area contributed by atoms with Gasteiger partial charge in [0, 0.05) is 13.8 Å². The van der Waals surface area contributed by atoms with Crippen LogP contribution in [0, 0.1) is 6.92 Å². The summed E-state index contributed by atoms with van der Waals surface area (Å²) in [6.07, 6.45) is 0. The summed E-state index contributed by atoms with van der Waals surface area (Å²) in [7, 11) is 0. The van der Waals surface area contributed by atoms with Crippen LogP contribution in [-0.2, 0) is 0 Å². The molecule has 0 radical (unpaired) electrons. The molecular formula is C12H12Br2N2S. The van der Waals surface area contributed by atoms with Gasteiger partial charge in [-0.05, 0) is 57.8 Å². The molecule has 0 spiro atoms. The maximum Gasteiger partial charge on any atom is 0.0798 e. The number of thiazole rings is 1. The molecular weight excluding hydrogens is 364 g/mol. The Morgan fingerprint density at radius 3 is 2.47 bits per heavy atom. The van der Waals surface area contributed by atoms with Gasteiger partial charge >= 0.3 is 0 Å². The zero-order chi connectivity index (χ0) is 12.4. The van der Waals surface area contributed by atoms with Crippen LogP contribution >= 0.6 is 43.2 Å². The van der Waals surface area contributed by atoms with Crippen molar-refractivity contribution in [2.24, 2.45) is 0 Å². The Morgan fingerprint density at radius 1 is 1.29 bits per heavy atom. The van der Waals surface area contributed by atoms with Crippen LogP contribution in [0.5, 0.6) is 0 Å². The van der Waals surface area contributed by atoms with Gasteiger partial charge in [0.05, 0.1) is 22.9 Å². The van der Waals surface area contributed by atoms with Gasteiger partial charge in [-0.15, -0.1) is 11.3 Å². The summed E-state index contributed by atoms with van der Waals surface area (Å²) in [6, 6.07) is 6.30. The van der Waals surface area contributed by atoms with E-state index in [0.29, 0.717) is 0 Å². The van der Waals surface area contributed by atoms with Gasteiger partial charge in [-0.3, -0.25) is 0 Å². The summed E-state index contributed by atoms with van der Waals surface area (Å²) in [5.74, 6) is 0. The third kappa shape index (κ3) is 2.89. The Kier molecular flexibility index (Phi) is 4.22. The van der Waals surface area contributed by atoms with E-state index in [1.807, 2.05) is 30.6 Å². The zero-order valence-corrected chi connectivity index (χ0v) is 13.5. The highest BCUT2D eigenvalue weighted by Crippen LogP contribution is 2.34. The largest absolute Gasteiger partial charge is 0.376 e. The van der Waals surface area contributed by atoms with Crippen molar-refractivity contribution in [2.45, 2.75) is 19.9 Å². The highest BCUT2D eigenvalue weighted by molar-refractivity contribution is 9.11. The van der Waals surface area contributed by atoms with E-state index in [1.54, 1.807) is 11.3 Å². The second-order valence-corrected chi connectivity index (χ2v) is 6.36. The quantitative estimate of drug-likeness (QED) is 0.802. The second-order valence-electron chi connectivity index (χ2n) is 3.76. The fraction of sp³-hybridized carbons (Fsp3) is 0.250. The molecule has 0 aliphatic heterocycles. The minimum atomic E-state index is 0.248. The highest BCUT2D eigenvalue weighted by Gasteiger charge is 2.13. The minimum Gasteiger partial charge on any atom is -0.376 e. The third-order valence-electron chi connectivity index (χ3n) is 2.50. The lowest BCUT2D eigenvalue weighted by Gasteiger charge is -2.17. The van der Waals surface area contributed by atoms with Crippen molar-refractivity contribution in [3.05, 3.63) is 43.2 Å². The zero-order valence-electron chi connectivity index (χ0n) is 9.50. The van der Waals surface area contributed by atoms with Crippen LogP contribution in [0.25, 0.3) is 0 Å². The Morgan fingerprint density at radius 2 is 1.94 bits per heavy atom. The topological polar surface area (TPSA) is 24.9 Å². The predicted molar refractivity (Wildman–Crippen MR) is 80.7 cm³/mol. The second kappa shape index (κ2) is 5.50. The van der Waals surface area contributed by atoms with Crippen LogP contribution in [0.15, 0.2) is 32.7 Å². The average molecular weight is 376 g/mol. The van der Waals surface area contributed by atoms with E-state index in [2.05, 4.69) is 49.1 Å². The Labute approximate surface area is 122 Å². The smallest absolute Gasteiger partial charge is 0.0798 e. The number of aryl methyl sites for hydroxylation is 1. The lowest BCUT2D eigenvalue weighted by molar-refractivity contribution is 0.888. The molecule has 0 aliphatic rings. The van der Waals surface area contributed by atoms with Gasteiger partial charge < -0.3 is 5.32 Å². The van der Waals surface area contributed by atoms with Crippen molar-refractivity contribution in [3.63, 3.8) is 0 Å². The molecule has 0 aliphatic carbocycles. The van der Waals surface area contributed by atoms with Crippen LogP contribution in [0.3, 0.4) is 0 Å². The number of para-hydroxylation sites is 1. The van der Waals surface area contributed by atoms with Gasteiger partial charge in [-0.1, -0.05) is 6.07 Å². The van der Waals surface area contributed by atoms with E-state index in [-0.39, 0.29) is 6.04 Å². The first-order valence-corrected chi connectivity index (χ1v) is 7.66. The lowest BCUT2D eigenvalue weighted by atomic mass is 10.2. The summed E-state index contributed by atoms with van der Waals surface area (Å²) in [5, 5.41) is 3.50. The summed E-state index contributed by atoms with van der Waals surface area (Å²) in [4.78, 5) is 5.55. The lowest BCUT2D eigenvalue weighted by Crippen LogP contribution is -2.07. The molecule has 5 heteroatoms. The highest BCUT2D eigenvalue weighted by atomic mass is 79.9. The number of nitrogens with one attached hydrogen (secondary N) is 1. The standard InChI is InChI=1S/C12H12Br2N2S/c1-7-12(17-6-15-7)8(2)16-11-9(13)4-3-5-10(11)14/h3-6,8,16H,1-2H3. The van der Waals surface area contributed by atoms with Crippen LogP contribution in [-0.4, -0.2) is 4.98 Å². The first kappa shape index (κ1) is 13.1. The monoisotopic (exact) mass is 374 g/mol. The maximum absolute atomic E-state index is 4.28. The molecule has 1 atom stereocenters. The molecule has 1 aromatic heterocycles. The van der Waals surface area contributed by atoms with Crippen LogP contribution in [0.2, 0.25) is 0 Å². The van der Waals surface area contributed by atoms with Crippen molar-refractivity contribution in [1.29, 1.82) is 0 Å². The van der Waals surface area contributed by atoms with Crippen molar-refractivity contribution >= 4 is 48.9 Å². The van der Waals surface area contributed by atoms with E-state index < -0.39 is 0 Å². The van der Waals surface area contributed by atoms with Crippen LogP contribution < -0.4 is 5.32 Å². The molecule has 90 valence electrons. The molecule has 0 amide bonds. The van der Waals surface area contributed by atoms with Gasteiger partial charge in [0.1, 0.15) is 0 Å². The summed E-state index contributed by atoms with van der Waals surface area (Å²) < 4.78 is 2.11. The molecule has 1 aromatic carbocycles. The van der Waals surface area contributed by atoms with Crippen molar-refractivity contribution in [2.75, 3.05) is 5.32 Å². The number of hydrogen-bond donors (Lipinski definition) is 1. The number of anilines is 1. The van der Waals surface area contributed by atoms with Crippen molar-refractivity contribution in [3.8, 4) is 0 Å². The SMILES string of the molecule is Cc1ncsc1C(C)Nc1c(Br)cccc1Br. The number of hydrogen-bond acceptors (Lipinski definition) is 3. The van der Waals surface area contributed by atoms with Gasteiger partial charge in [0.15, 0.2) is 0 Å². The fourth-order valence-electron chi connectivity index (χ4n) is 1.64. The molecule has 0 fully saturated rings. The van der Waals surface area contributed by atoms with E-state index in [9.17, 15) is 0 Å². The van der Waals surface area contributed by atoms with Crippen molar-refractivity contribution < 1.29 is 0 Å². The van der Waals surface area contributed by atoms with Crippen LogP contribution in [0.1, 0.15) is 23.5 Å². The van der Waals surface area contributed by atoms with E-state index in [1.165, 1.54) is 4.88 Å². The normalized spacial score (nSPS) is 12.5.